The standard InChI is InChI=1S/C60H40N2/c1-4-16-41(17-5-1)47-36-48(42-18-6-2-7-19-42)38-50(37-47)62-58-27-15-13-25-54(58)56-40-46(33-35-60(56)62)52-23-11-10-22-51(52)44-30-28-43(29-31-44)45-32-34-59-55(39-45)53-24-12-14-26-57(53)61(59)49-20-8-3-9-21-49/h1-40H. The molecular formula is C60H40N2. The van der Waals surface area contributed by atoms with Gasteiger partial charge in [-0.25, -0.2) is 0 Å². The molecule has 0 spiro atoms. The van der Waals surface area contributed by atoms with E-state index in [-0.39, 0.29) is 0 Å². The Hall–Kier alpha value is -8.20. The molecule has 12 aromatic rings. The molecule has 290 valence electrons. The van der Waals surface area contributed by atoms with Crippen molar-refractivity contribution in [2.75, 3.05) is 0 Å². The second-order valence-electron chi connectivity index (χ2n) is 16.1. The van der Waals surface area contributed by atoms with Gasteiger partial charge in [0.1, 0.15) is 0 Å². The van der Waals surface area contributed by atoms with Gasteiger partial charge in [-0.05, 0) is 122 Å². The topological polar surface area (TPSA) is 9.86 Å². The molecular weight excluding hydrogens is 749 g/mol. The van der Waals surface area contributed by atoms with E-state index in [9.17, 15) is 0 Å². The van der Waals surface area contributed by atoms with Crippen molar-refractivity contribution in [3.8, 4) is 67.0 Å². The summed E-state index contributed by atoms with van der Waals surface area (Å²) in [6.45, 7) is 0. The van der Waals surface area contributed by atoms with Crippen LogP contribution in [-0.4, -0.2) is 9.13 Å². The number of nitrogens with zero attached hydrogens (tertiary/aromatic N) is 2. The van der Waals surface area contributed by atoms with Crippen molar-refractivity contribution in [1.82, 2.24) is 9.13 Å². The first-order valence-electron chi connectivity index (χ1n) is 21.3. The second-order valence-corrected chi connectivity index (χ2v) is 16.1. The molecule has 0 aliphatic heterocycles. The summed E-state index contributed by atoms with van der Waals surface area (Å²) in [6, 6.07) is 88.4. The molecule has 2 nitrogen and oxygen atoms in total. The van der Waals surface area contributed by atoms with Crippen LogP contribution in [0.5, 0.6) is 0 Å². The first-order chi connectivity index (χ1) is 30.7. The average molecular weight is 789 g/mol. The Morgan fingerprint density at radius 1 is 0.194 bits per heavy atom. The van der Waals surface area contributed by atoms with Crippen LogP contribution in [0.4, 0.5) is 0 Å². The van der Waals surface area contributed by atoms with Gasteiger partial charge in [0, 0.05) is 32.9 Å². The Balaban J connectivity index is 0.940. The zero-order chi connectivity index (χ0) is 41.0. The van der Waals surface area contributed by atoms with Crippen LogP contribution in [0.3, 0.4) is 0 Å². The highest BCUT2D eigenvalue weighted by atomic mass is 15.0. The highest BCUT2D eigenvalue weighted by molar-refractivity contribution is 6.12. The fraction of sp³-hybridized carbons (Fsp3) is 0. The van der Waals surface area contributed by atoms with Crippen LogP contribution < -0.4 is 0 Å². The number of hydrogen-bond acceptors (Lipinski definition) is 0. The van der Waals surface area contributed by atoms with E-state index < -0.39 is 0 Å². The van der Waals surface area contributed by atoms with Gasteiger partial charge in [0.15, 0.2) is 0 Å². The van der Waals surface area contributed by atoms with Crippen molar-refractivity contribution in [1.29, 1.82) is 0 Å². The molecule has 2 heteroatoms. The predicted octanol–water partition coefficient (Wildman–Crippen LogP) is 16.2. The summed E-state index contributed by atoms with van der Waals surface area (Å²) in [6.07, 6.45) is 0. The van der Waals surface area contributed by atoms with Crippen molar-refractivity contribution in [3.05, 3.63) is 243 Å². The Morgan fingerprint density at radius 3 is 1.16 bits per heavy atom. The largest absolute Gasteiger partial charge is 0.309 e. The lowest BCUT2D eigenvalue weighted by Gasteiger charge is -2.14. The van der Waals surface area contributed by atoms with E-state index in [1.807, 2.05) is 0 Å². The molecule has 0 saturated carbocycles. The van der Waals surface area contributed by atoms with Crippen molar-refractivity contribution in [2.24, 2.45) is 0 Å². The molecule has 0 amide bonds. The van der Waals surface area contributed by atoms with Crippen LogP contribution in [-0.2, 0) is 0 Å². The third kappa shape index (κ3) is 6.04. The van der Waals surface area contributed by atoms with Gasteiger partial charge in [0.05, 0.1) is 22.1 Å². The lowest BCUT2D eigenvalue weighted by atomic mass is 9.92. The fourth-order valence-corrected chi connectivity index (χ4v) is 9.59. The minimum Gasteiger partial charge on any atom is -0.309 e. The molecule has 0 atom stereocenters. The number of hydrogen-bond donors (Lipinski definition) is 0. The molecule has 62 heavy (non-hydrogen) atoms. The molecule has 0 bridgehead atoms. The molecule has 0 fully saturated rings. The van der Waals surface area contributed by atoms with Crippen LogP contribution in [0.25, 0.3) is 111 Å². The highest BCUT2D eigenvalue weighted by Gasteiger charge is 2.18. The summed E-state index contributed by atoms with van der Waals surface area (Å²) in [5.41, 5.74) is 19.1. The van der Waals surface area contributed by atoms with Gasteiger partial charge in [0.2, 0.25) is 0 Å². The van der Waals surface area contributed by atoms with Crippen molar-refractivity contribution in [2.45, 2.75) is 0 Å². The number of rotatable bonds is 7. The number of para-hydroxylation sites is 3. The molecule has 0 aliphatic carbocycles. The Labute approximate surface area is 360 Å². The molecule has 10 aromatic carbocycles. The van der Waals surface area contributed by atoms with Crippen LogP contribution in [0.1, 0.15) is 0 Å². The summed E-state index contributed by atoms with van der Waals surface area (Å²) >= 11 is 0. The smallest absolute Gasteiger partial charge is 0.0541 e. The lowest BCUT2D eigenvalue weighted by molar-refractivity contribution is 1.18. The summed E-state index contributed by atoms with van der Waals surface area (Å²) < 4.78 is 4.81. The van der Waals surface area contributed by atoms with E-state index in [4.69, 9.17) is 0 Å². The molecule has 0 unspecified atom stereocenters. The maximum absolute atomic E-state index is 2.44. The molecule has 0 saturated heterocycles. The van der Waals surface area contributed by atoms with Crippen molar-refractivity contribution in [3.63, 3.8) is 0 Å². The first-order valence-corrected chi connectivity index (χ1v) is 21.3. The van der Waals surface area contributed by atoms with E-state index >= 15 is 0 Å². The van der Waals surface area contributed by atoms with Gasteiger partial charge in [0.25, 0.3) is 0 Å². The zero-order valence-corrected chi connectivity index (χ0v) is 34.0. The van der Waals surface area contributed by atoms with E-state index in [1.54, 1.807) is 0 Å². The van der Waals surface area contributed by atoms with Gasteiger partial charge in [-0.15, -0.1) is 0 Å². The summed E-state index contributed by atoms with van der Waals surface area (Å²) in [7, 11) is 0. The molecule has 0 N–H and O–H groups in total. The van der Waals surface area contributed by atoms with Crippen molar-refractivity contribution >= 4 is 43.6 Å². The van der Waals surface area contributed by atoms with Gasteiger partial charge < -0.3 is 9.13 Å². The fourth-order valence-electron chi connectivity index (χ4n) is 9.59. The number of fused-ring (bicyclic) bond motifs is 6. The van der Waals surface area contributed by atoms with E-state index in [0.717, 1.165) is 5.69 Å². The number of benzene rings is 10. The van der Waals surface area contributed by atoms with E-state index in [1.165, 1.54) is 105 Å². The first kappa shape index (κ1) is 35.7. The summed E-state index contributed by atoms with van der Waals surface area (Å²) in [5.74, 6) is 0. The van der Waals surface area contributed by atoms with Gasteiger partial charge in [-0.1, -0.05) is 176 Å². The maximum Gasteiger partial charge on any atom is 0.0541 e. The zero-order valence-electron chi connectivity index (χ0n) is 34.0. The molecule has 0 aliphatic rings. The predicted molar refractivity (Wildman–Crippen MR) is 262 cm³/mol. The lowest BCUT2D eigenvalue weighted by Crippen LogP contribution is -1.96. The molecule has 0 radical (unpaired) electrons. The Morgan fingerprint density at radius 2 is 0.581 bits per heavy atom. The third-order valence-electron chi connectivity index (χ3n) is 12.5. The normalized spacial score (nSPS) is 11.5. The van der Waals surface area contributed by atoms with Gasteiger partial charge in [-0.2, -0.15) is 0 Å². The van der Waals surface area contributed by atoms with Crippen LogP contribution in [0.15, 0.2) is 243 Å². The van der Waals surface area contributed by atoms with Crippen molar-refractivity contribution < 1.29 is 0 Å². The monoisotopic (exact) mass is 788 g/mol. The van der Waals surface area contributed by atoms with Crippen LogP contribution >= 0.6 is 0 Å². The van der Waals surface area contributed by atoms with Gasteiger partial charge in [-0.3, -0.25) is 0 Å². The molecule has 2 aromatic heterocycles. The van der Waals surface area contributed by atoms with Crippen LogP contribution in [0.2, 0.25) is 0 Å². The highest BCUT2D eigenvalue weighted by Crippen LogP contribution is 2.41. The second kappa shape index (κ2) is 14.8. The van der Waals surface area contributed by atoms with Crippen LogP contribution in [0, 0.1) is 0 Å². The Bertz CT molecular complexity index is 3540. The maximum atomic E-state index is 2.44. The Kier molecular flexibility index (Phi) is 8.53. The minimum atomic E-state index is 1.14. The van der Waals surface area contributed by atoms with Gasteiger partial charge >= 0.3 is 0 Å². The summed E-state index contributed by atoms with van der Waals surface area (Å²) in [4.78, 5) is 0. The average Bonchev–Trinajstić information content (AvgIpc) is 3.87. The summed E-state index contributed by atoms with van der Waals surface area (Å²) in [5, 5.41) is 4.99. The molecule has 2 heterocycles. The van der Waals surface area contributed by atoms with E-state index in [0.29, 0.717) is 0 Å². The number of aromatic nitrogens is 2. The minimum absolute atomic E-state index is 1.14. The SMILES string of the molecule is c1ccc(-c2cc(-c3ccccc3)cc(-n3c4ccccc4c4cc(-c5ccccc5-c5ccc(-c6ccc7c(c6)c6ccccc6n7-c6ccccc6)cc5)ccc43)c2)cc1. The van der Waals surface area contributed by atoms with E-state index in [2.05, 4.69) is 252 Å². The third-order valence-corrected chi connectivity index (χ3v) is 12.5. The quantitative estimate of drug-likeness (QED) is 0.152. The molecule has 12 rings (SSSR count).